The lowest BCUT2D eigenvalue weighted by atomic mass is 10.3. The maximum atomic E-state index is 13.2. The van der Waals surface area contributed by atoms with E-state index >= 15 is 0 Å². The van der Waals surface area contributed by atoms with Gasteiger partial charge in [0, 0.05) is 12.6 Å². The topological polar surface area (TPSA) is 104 Å². The van der Waals surface area contributed by atoms with E-state index in [4.69, 9.17) is 5.26 Å². The number of rotatable bonds is 6. The van der Waals surface area contributed by atoms with Crippen molar-refractivity contribution >= 4 is 15.7 Å². The zero-order valence-electron chi connectivity index (χ0n) is 10.6. The maximum absolute atomic E-state index is 13.2. The number of nitro benzene ring substituents is 1. The van der Waals surface area contributed by atoms with Gasteiger partial charge in [-0.3, -0.25) is 10.1 Å². The molecule has 0 spiro atoms. The van der Waals surface area contributed by atoms with Gasteiger partial charge in [0.15, 0.2) is 0 Å². The first kappa shape index (κ1) is 16.0. The van der Waals surface area contributed by atoms with Gasteiger partial charge >= 0.3 is 5.69 Å². The van der Waals surface area contributed by atoms with Gasteiger partial charge < -0.3 is 0 Å². The van der Waals surface area contributed by atoms with Crippen molar-refractivity contribution in [1.29, 1.82) is 5.26 Å². The molecule has 0 heterocycles. The molecule has 0 fully saturated rings. The van der Waals surface area contributed by atoms with Crippen LogP contribution in [-0.2, 0) is 10.0 Å². The van der Waals surface area contributed by atoms with E-state index in [9.17, 15) is 22.9 Å². The van der Waals surface area contributed by atoms with Crippen LogP contribution in [0.2, 0.25) is 0 Å². The van der Waals surface area contributed by atoms with E-state index in [2.05, 4.69) is 0 Å². The molecule has 0 aliphatic rings. The number of hydrogen-bond donors (Lipinski definition) is 0. The molecule has 9 heteroatoms. The molecule has 0 amide bonds. The molecule has 20 heavy (non-hydrogen) atoms. The maximum Gasteiger partial charge on any atom is 0.306 e. The third-order valence-corrected chi connectivity index (χ3v) is 4.31. The highest BCUT2D eigenvalue weighted by atomic mass is 32.2. The minimum absolute atomic E-state index is 0.0983. The van der Waals surface area contributed by atoms with E-state index in [0.29, 0.717) is 12.5 Å². The Labute approximate surface area is 115 Å². The Balaban J connectivity index is 3.31. The highest BCUT2D eigenvalue weighted by molar-refractivity contribution is 7.89. The summed E-state index contributed by atoms with van der Waals surface area (Å²) >= 11 is 0. The van der Waals surface area contributed by atoms with Crippen molar-refractivity contribution in [1.82, 2.24) is 4.31 Å². The summed E-state index contributed by atoms with van der Waals surface area (Å²) in [6.07, 6.45) is 0.476. The Morgan fingerprint density at radius 1 is 1.50 bits per heavy atom. The predicted octanol–water partition coefficient (Wildman–Crippen LogP) is 1.66. The Morgan fingerprint density at radius 2 is 2.15 bits per heavy atom. The van der Waals surface area contributed by atoms with Gasteiger partial charge in [0.2, 0.25) is 15.8 Å². The molecule has 0 saturated heterocycles. The van der Waals surface area contributed by atoms with Crippen LogP contribution in [0.3, 0.4) is 0 Å². The van der Waals surface area contributed by atoms with Crippen LogP contribution in [0.25, 0.3) is 0 Å². The van der Waals surface area contributed by atoms with E-state index in [1.165, 1.54) is 0 Å². The average Bonchev–Trinajstić information content (AvgIpc) is 2.38. The highest BCUT2D eigenvalue weighted by Gasteiger charge is 2.27. The van der Waals surface area contributed by atoms with Crippen LogP contribution in [0, 0.1) is 27.3 Å². The van der Waals surface area contributed by atoms with Crippen molar-refractivity contribution in [3.05, 3.63) is 34.1 Å². The second kappa shape index (κ2) is 6.40. The molecule has 0 radical (unpaired) electrons. The summed E-state index contributed by atoms with van der Waals surface area (Å²) in [7, 11) is -4.06. The highest BCUT2D eigenvalue weighted by Crippen LogP contribution is 2.24. The minimum atomic E-state index is -4.06. The molecule has 0 atom stereocenters. The van der Waals surface area contributed by atoms with Gasteiger partial charge in [0.1, 0.15) is 6.54 Å². The molecular formula is C11H12FN3O4S. The van der Waals surface area contributed by atoms with Gasteiger partial charge in [-0.05, 0) is 18.6 Å². The van der Waals surface area contributed by atoms with Crippen molar-refractivity contribution < 1.29 is 17.7 Å². The first-order valence-electron chi connectivity index (χ1n) is 5.65. The summed E-state index contributed by atoms with van der Waals surface area (Å²) in [5, 5.41) is 19.3. The van der Waals surface area contributed by atoms with Crippen LogP contribution in [0.15, 0.2) is 23.1 Å². The van der Waals surface area contributed by atoms with E-state index in [0.717, 1.165) is 16.4 Å². The fourth-order valence-electron chi connectivity index (χ4n) is 1.55. The number of nitrogens with zero attached hydrogens (tertiary/aromatic N) is 3. The number of halogens is 1. The van der Waals surface area contributed by atoms with Gasteiger partial charge in [0.25, 0.3) is 0 Å². The van der Waals surface area contributed by atoms with Crippen molar-refractivity contribution in [3.8, 4) is 6.07 Å². The zero-order chi connectivity index (χ0) is 15.3. The third kappa shape index (κ3) is 3.28. The van der Waals surface area contributed by atoms with E-state index in [1.54, 1.807) is 13.0 Å². The van der Waals surface area contributed by atoms with E-state index < -0.39 is 31.3 Å². The summed E-state index contributed by atoms with van der Waals surface area (Å²) in [6, 6.07) is 4.04. The number of nitriles is 1. The van der Waals surface area contributed by atoms with Gasteiger partial charge in [-0.15, -0.1) is 0 Å². The lowest BCUT2D eigenvalue weighted by Gasteiger charge is -2.18. The van der Waals surface area contributed by atoms with Crippen molar-refractivity contribution in [2.24, 2.45) is 0 Å². The molecule has 0 unspecified atom stereocenters. The molecule has 0 saturated carbocycles. The minimum Gasteiger partial charge on any atom is -0.258 e. The molecular weight excluding hydrogens is 289 g/mol. The summed E-state index contributed by atoms with van der Waals surface area (Å²) in [6.45, 7) is 1.45. The molecule has 1 rings (SSSR count). The van der Waals surface area contributed by atoms with Crippen LogP contribution in [-0.4, -0.2) is 30.7 Å². The lowest BCUT2D eigenvalue weighted by Crippen LogP contribution is -2.32. The Kier molecular flexibility index (Phi) is 5.12. The number of sulfonamides is 1. The Morgan fingerprint density at radius 3 is 2.65 bits per heavy atom. The third-order valence-electron chi connectivity index (χ3n) is 2.47. The lowest BCUT2D eigenvalue weighted by molar-refractivity contribution is -0.387. The van der Waals surface area contributed by atoms with Crippen LogP contribution in [0.4, 0.5) is 10.1 Å². The van der Waals surface area contributed by atoms with E-state index in [-0.39, 0.29) is 13.1 Å². The summed E-state index contributed by atoms with van der Waals surface area (Å²) in [5.74, 6) is -1.11. The zero-order valence-corrected chi connectivity index (χ0v) is 11.4. The Hall–Kier alpha value is -2.05. The second-order valence-corrected chi connectivity index (χ2v) is 5.80. The van der Waals surface area contributed by atoms with Crippen LogP contribution in [0.5, 0.6) is 0 Å². The van der Waals surface area contributed by atoms with Crippen molar-refractivity contribution in [2.75, 3.05) is 13.1 Å². The number of hydrogen-bond acceptors (Lipinski definition) is 5. The molecule has 0 N–H and O–H groups in total. The summed E-state index contributed by atoms with van der Waals surface area (Å²) in [5.41, 5.74) is -0.917. The molecule has 0 aromatic heterocycles. The molecule has 0 bridgehead atoms. The fourth-order valence-corrected chi connectivity index (χ4v) is 3.00. The summed E-state index contributed by atoms with van der Waals surface area (Å²) in [4.78, 5) is 9.22. The quantitative estimate of drug-likeness (QED) is 0.451. The number of benzene rings is 1. The molecule has 7 nitrogen and oxygen atoms in total. The second-order valence-electron chi connectivity index (χ2n) is 3.87. The molecule has 108 valence electrons. The first-order chi connectivity index (χ1) is 9.34. The van der Waals surface area contributed by atoms with Gasteiger partial charge in [0.05, 0.1) is 15.9 Å². The summed E-state index contributed by atoms with van der Waals surface area (Å²) < 4.78 is 38.6. The van der Waals surface area contributed by atoms with Crippen LogP contribution in [0.1, 0.15) is 13.3 Å². The normalized spacial score (nSPS) is 11.3. The van der Waals surface area contributed by atoms with Crippen LogP contribution < -0.4 is 0 Å². The monoisotopic (exact) mass is 301 g/mol. The van der Waals surface area contributed by atoms with Crippen LogP contribution >= 0.6 is 0 Å². The molecule has 1 aromatic rings. The van der Waals surface area contributed by atoms with Gasteiger partial charge in [-0.1, -0.05) is 6.92 Å². The standard InChI is InChI=1S/C11H12FN3O4S/c1-2-6-14(7-5-13)20(18,19)9-3-4-10(12)11(8-9)15(16)17/h3-4,8H,2,6-7H2,1H3. The van der Waals surface area contributed by atoms with Gasteiger partial charge in [-0.25, -0.2) is 8.42 Å². The number of nitro groups is 1. The predicted molar refractivity (Wildman–Crippen MR) is 67.7 cm³/mol. The molecule has 0 aliphatic heterocycles. The Bertz CT molecular complexity index is 654. The van der Waals surface area contributed by atoms with Gasteiger partial charge in [-0.2, -0.15) is 14.0 Å². The first-order valence-corrected chi connectivity index (χ1v) is 7.09. The average molecular weight is 301 g/mol. The smallest absolute Gasteiger partial charge is 0.258 e. The van der Waals surface area contributed by atoms with Crippen molar-refractivity contribution in [3.63, 3.8) is 0 Å². The molecule has 0 aliphatic carbocycles. The fraction of sp³-hybridized carbons (Fsp3) is 0.364. The van der Waals surface area contributed by atoms with E-state index in [1.807, 2.05) is 0 Å². The largest absolute Gasteiger partial charge is 0.306 e. The molecule has 1 aromatic carbocycles. The SMILES string of the molecule is CCCN(CC#N)S(=O)(=O)c1ccc(F)c([N+](=O)[O-])c1. The van der Waals surface area contributed by atoms with Crippen molar-refractivity contribution in [2.45, 2.75) is 18.2 Å².